The van der Waals surface area contributed by atoms with Gasteiger partial charge in [0, 0.05) is 29.7 Å². The molecule has 0 aliphatic carbocycles. The molecule has 2 aromatic carbocycles. The Bertz CT molecular complexity index is 1320. The van der Waals surface area contributed by atoms with E-state index in [9.17, 15) is 12.8 Å². The average molecular weight is 443 g/mol. The lowest BCUT2D eigenvalue weighted by atomic mass is 10.1. The van der Waals surface area contributed by atoms with Crippen LogP contribution in [0.25, 0.3) is 21.8 Å². The maximum atomic E-state index is 12.8. The normalized spacial score (nSPS) is 11.9. The number of nitrogens with zero attached hydrogens (tertiary/aromatic N) is 2. The second-order valence-electron chi connectivity index (χ2n) is 8.16. The van der Waals surface area contributed by atoms with Crippen molar-refractivity contribution in [3.63, 3.8) is 0 Å². The van der Waals surface area contributed by atoms with Gasteiger partial charge in [0.15, 0.2) is 9.84 Å². The van der Waals surface area contributed by atoms with E-state index in [2.05, 4.69) is 20.5 Å². The molecule has 0 atom stereocenters. The first-order valence-electron chi connectivity index (χ1n) is 10.0. The molecule has 0 aliphatic heterocycles. The smallest absolute Gasteiger partial charge is 0.183 e. The zero-order valence-electron chi connectivity index (χ0n) is 18.3. The Kier molecular flexibility index (Phi) is 6.31. The minimum atomic E-state index is -3.39. The highest BCUT2D eigenvalue weighted by atomic mass is 32.2. The molecule has 0 bridgehead atoms. The predicted molar refractivity (Wildman–Crippen MR) is 124 cm³/mol. The number of benzene rings is 2. The monoisotopic (exact) mass is 442 g/mol. The quantitative estimate of drug-likeness (QED) is 0.460. The number of rotatable bonds is 3. The summed E-state index contributed by atoms with van der Waals surface area (Å²) in [6, 6.07) is 10.0. The predicted octanol–water partition coefficient (Wildman–Crippen LogP) is 5.11. The molecule has 6 nitrogen and oxygen atoms in total. The summed E-state index contributed by atoms with van der Waals surface area (Å²) in [4.78, 5) is 4.76. The third-order valence-electron chi connectivity index (χ3n) is 5.07. The van der Waals surface area contributed by atoms with Crippen LogP contribution in [0.3, 0.4) is 0 Å². The van der Waals surface area contributed by atoms with Crippen LogP contribution in [-0.4, -0.2) is 35.4 Å². The van der Waals surface area contributed by atoms with Gasteiger partial charge in [-0.1, -0.05) is 6.92 Å². The largest absolute Gasteiger partial charge is 0.388 e. The topological polar surface area (TPSA) is 87.7 Å². The van der Waals surface area contributed by atoms with Gasteiger partial charge in [-0.15, -0.1) is 0 Å². The van der Waals surface area contributed by atoms with E-state index in [1.54, 1.807) is 45.3 Å². The van der Waals surface area contributed by atoms with Crippen molar-refractivity contribution in [3.05, 3.63) is 60.2 Å². The van der Waals surface area contributed by atoms with Crippen molar-refractivity contribution >= 4 is 37.3 Å². The van der Waals surface area contributed by atoms with Gasteiger partial charge in [-0.05, 0) is 69.2 Å². The number of nitrogens with one attached hydrogen (secondary N) is 2. The summed E-state index contributed by atoms with van der Waals surface area (Å²) in [5, 5.41) is 11.2. The number of H-pyrrole nitrogens is 1. The number of aryl methyl sites for hydroxylation is 1. The molecule has 8 heteroatoms. The second kappa shape index (κ2) is 8.63. The Morgan fingerprint density at radius 2 is 1.87 bits per heavy atom. The highest BCUT2D eigenvalue weighted by Gasteiger charge is 2.32. The van der Waals surface area contributed by atoms with Crippen LogP contribution >= 0.6 is 0 Å². The zero-order valence-corrected chi connectivity index (χ0v) is 19.1. The van der Waals surface area contributed by atoms with E-state index in [0.717, 1.165) is 33.1 Å². The van der Waals surface area contributed by atoms with Crippen molar-refractivity contribution in [2.75, 3.05) is 12.4 Å². The van der Waals surface area contributed by atoms with Crippen LogP contribution in [0.15, 0.2) is 53.7 Å². The zero-order chi connectivity index (χ0) is 22.8. The van der Waals surface area contributed by atoms with Crippen molar-refractivity contribution in [2.24, 2.45) is 0 Å². The highest BCUT2D eigenvalue weighted by molar-refractivity contribution is 7.92. The fourth-order valence-electron chi connectivity index (χ4n) is 3.20. The van der Waals surface area contributed by atoms with E-state index in [0.29, 0.717) is 11.3 Å². The molecule has 0 unspecified atom stereocenters. The molecule has 2 heterocycles. The van der Waals surface area contributed by atoms with Crippen molar-refractivity contribution in [1.82, 2.24) is 15.2 Å². The fraction of sp³-hybridized carbons (Fsp3) is 0.304. The van der Waals surface area contributed by atoms with Crippen LogP contribution in [0.2, 0.25) is 0 Å². The summed E-state index contributed by atoms with van der Waals surface area (Å²) in [7, 11) is -1.57. The lowest BCUT2D eigenvalue weighted by molar-refractivity contribution is 0.559. The van der Waals surface area contributed by atoms with Gasteiger partial charge in [0.05, 0.1) is 26.9 Å². The lowest BCUT2D eigenvalue weighted by Crippen LogP contribution is -2.28. The number of fused-ring (bicyclic) bond motifs is 2. The Morgan fingerprint density at radius 3 is 2.52 bits per heavy atom. The number of aromatic amines is 1. The number of pyridine rings is 1. The van der Waals surface area contributed by atoms with Gasteiger partial charge >= 0.3 is 0 Å². The Balaban J connectivity index is 0.000000225. The fourth-order valence-corrected chi connectivity index (χ4v) is 4.69. The molecule has 31 heavy (non-hydrogen) atoms. The van der Waals surface area contributed by atoms with Crippen LogP contribution < -0.4 is 5.32 Å². The third kappa shape index (κ3) is 4.54. The highest BCUT2D eigenvalue weighted by Crippen LogP contribution is 2.33. The number of hydrogen-bond acceptors (Lipinski definition) is 5. The minimum absolute atomic E-state index is 0.228. The van der Waals surface area contributed by atoms with Gasteiger partial charge in [-0.25, -0.2) is 12.8 Å². The molecule has 0 amide bonds. The molecule has 4 aromatic rings. The van der Waals surface area contributed by atoms with Crippen molar-refractivity contribution < 1.29 is 12.8 Å². The third-order valence-corrected chi connectivity index (χ3v) is 7.64. The Labute approximate surface area is 181 Å². The first kappa shape index (κ1) is 22.7. The van der Waals surface area contributed by atoms with Crippen LogP contribution in [0.1, 0.15) is 33.3 Å². The molecule has 0 aliphatic rings. The number of sulfone groups is 1. The van der Waals surface area contributed by atoms with Crippen LogP contribution in [0, 0.1) is 5.82 Å². The van der Waals surface area contributed by atoms with E-state index in [1.165, 1.54) is 12.1 Å². The lowest BCUT2D eigenvalue weighted by Gasteiger charge is -2.22. The van der Waals surface area contributed by atoms with Crippen LogP contribution in [0.5, 0.6) is 0 Å². The number of aromatic nitrogens is 3. The number of anilines is 1. The molecule has 0 saturated carbocycles. The average Bonchev–Trinajstić information content (AvgIpc) is 3.19. The SMILES string of the molecule is CCc1cc2nccc(NC)c2cc1S(=O)(=O)C(C)(C)C.Fc1ccc2[nH]ncc2c1. The summed E-state index contributed by atoms with van der Waals surface area (Å²) in [5.74, 6) is -0.228. The summed E-state index contributed by atoms with van der Waals surface area (Å²) in [6.45, 7) is 7.15. The minimum Gasteiger partial charge on any atom is -0.388 e. The van der Waals surface area contributed by atoms with Crippen LogP contribution in [-0.2, 0) is 16.3 Å². The maximum absolute atomic E-state index is 12.8. The summed E-state index contributed by atoms with van der Waals surface area (Å²) in [5.41, 5.74) is 3.37. The summed E-state index contributed by atoms with van der Waals surface area (Å²) < 4.78 is 37.3. The van der Waals surface area contributed by atoms with Gasteiger partial charge < -0.3 is 5.32 Å². The molecule has 0 fully saturated rings. The van der Waals surface area contributed by atoms with Gasteiger partial charge in [0.2, 0.25) is 0 Å². The molecule has 2 aromatic heterocycles. The summed E-state index contributed by atoms with van der Waals surface area (Å²) in [6.07, 6.45) is 3.98. The van der Waals surface area contributed by atoms with E-state index in [4.69, 9.17) is 0 Å². The first-order valence-corrected chi connectivity index (χ1v) is 11.5. The Hall–Kier alpha value is -3.00. The summed E-state index contributed by atoms with van der Waals surface area (Å²) >= 11 is 0. The number of halogens is 1. The molecule has 164 valence electrons. The van der Waals surface area contributed by atoms with Crippen LogP contribution in [0.4, 0.5) is 10.1 Å². The molecule has 0 saturated heterocycles. The van der Waals surface area contributed by atoms with E-state index < -0.39 is 14.6 Å². The Morgan fingerprint density at radius 1 is 1.13 bits per heavy atom. The van der Waals surface area contributed by atoms with Gasteiger partial charge in [-0.3, -0.25) is 10.1 Å². The van der Waals surface area contributed by atoms with Gasteiger partial charge in [0.1, 0.15) is 5.82 Å². The molecule has 0 spiro atoms. The second-order valence-corrected chi connectivity index (χ2v) is 10.8. The molecule has 4 rings (SSSR count). The van der Waals surface area contributed by atoms with Gasteiger partial charge in [-0.2, -0.15) is 5.10 Å². The maximum Gasteiger partial charge on any atom is 0.183 e. The molecule has 2 N–H and O–H groups in total. The van der Waals surface area contributed by atoms with E-state index in [1.807, 2.05) is 26.1 Å². The standard InChI is InChI=1S/C16H22N2O2S.C7H5FN2/c1-6-11-9-14-12(13(17-5)7-8-18-14)10-15(11)21(19,20)16(2,3)4;8-6-1-2-7-5(3-6)4-9-10-7/h7-10H,6H2,1-5H3,(H,17,18);1-4H,(H,9,10). The number of hydrogen-bond donors (Lipinski definition) is 2. The molecular weight excluding hydrogens is 415 g/mol. The molecule has 0 radical (unpaired) electrons. The van der Waals surface area contributed by atoms with E-state index in [-0.39, 0.29) is 5.82 Å². The van der Waals surface area contributed by atoms with Crippen molar-refractivity contribution in [3.8, 4) is 0 Å². The molecular formula is C23H27FN4O2S. The van der Waals surface area contributed by atoms with E-state index >= 15 is 0 Å². The first-order chi connectivity index (χ1) is 14.6. The van der Waals surface area contributed by atoms with Crippen molar-refractivity contribution in [2.45, 2.75) is 43.8 Å². The van der Waals surface area contributed by atoms with Crippen molar-refractivity contribution in [1.29, 1.82) is 0 Å². The van der Waals surface area contributed by atoms with Gasteiger partial charge in [0.25, 0.3) is 0 Å².